The third kappa shape index (κ3) is 2.47. The van der Waals surface area contributed by atoms with Crippen LogP contribution in [0.4, 0.5) is 0 Å². The summed E-state index contributed by atoms with van der Waals surface area (Å²) in [5.74, 6) is 1.25. The van der Waals surface area contributed by atoms with Crippen molar-refractivity contribution in [3.8, 4) is 5.75 Å². The molecule has 88 valence electrons. The highest BCUT2D eigenvalue weighted by Gasteiger charge is 2.24. The monoisotopic (exact) mass is 246 g/mol. The quantitative estimate of drug-likeness (QED) is 0.842. The number of phenols is 1. The summed E-state index contributed by atoms with van der Waals surface area (Å²) >= 11 is 1.77. The molecule has 0 unspecified atom stereocenters. The van der Waals surface area contributed by atoms with Gasteiger partial charge in [0.15, 0.2) is 0 Å². The lowest BCUT2D eigenvalue weighted by atomic mass is 10.3. The minimum absolute atomic E-state index is 0.317. The number of aromatic nitrogens is 2. The SMILES string of the molecule is Oc1ccc(SCc2cncn2C2CC2)cc1. The first-order chi connectivity index (χ1) is 8.33. The number of thioether (sulfide) groups is 1. The summed E-state index contributed by atoms with van der Waals surface area (Å²) < 4.78 is 2.29. The predicted molar refractivity (Wildman–Crippen MR) is 68.2 cm³/mol. The minimum atomic E-state index is 0.317. The molecule has 1 N–H and O–H groups in total. The molecule has 0 bridgehead atoms. The van der Waals surface area contributed by atoms with Crippen LogP contribution < -0.4 is 0 Å². The van der Waals surface area contributed by atoms with Gasteiger partial charge in [-0.25, -0.2) is 4.98 Å². The fourth-order valence-electron chi connectivity index (χ4n) is 1.82. The van der Waals surface area contributed by atoms with Gasteiger partial charge < -0.3 is 9.67 Å². The van der Waals surface area contributed by atoms with Gasteiger partial charge in [0.25, 0.3) is 0 Å². The average molecular weight is 246 g/mol. The van der Waals surface area contributed by atoms with Gasteiger partial charge in [0.05, 0.1) is 6.33 Å². The molecule has 0 aliphatic heterocycles. The van der Waals surface area contributed by atoms with Crippen LogP contribution in [0, 0.1) is 0 Å². The third-order valence-electron chi connectivity index (χ3n) is 2.91. The first kappa shape index (κ1) is 10.7. The highest BCUT2D eigenvalue weighted by atomic mass is 32.2. The van der Waals surface area contributed by atoms with Gasteiger partial charge in [0.2, 0.25) is 0 Å². The van der Waals surface area contributed by atoms with Crippen molar-refractivity contribution < 1.29 is 5.11 Å². The van der Waals surface area contributed by atoms with E-state index in [1.54, 1.807) is 23.9 Å². The summed E-state index contributed by atoms with van der Waals surface area (Å²) in [5.41, 5.74) is 1.28. The van der Waals surface area contributed by atoms with Gasteiger partial charge in [0, 0.05) is 28.6 Å². The van der Waals surface area contributed by atoms with E-state index in [1.807, 2.05) is 24.7 Å². The Bertz CT molecular complexity index is 502. The number of nitrogens with zero attached hydrogens (tertiary/aromatic N) is 2. The second-order valence-electron chi connectivity index (χ2n) is 4.31. The highest BCUT2D eigenvalue weighted by molar-refractivity contribution is 7.98. The van der Waals surface area contributed by atoms with E-state index in [0.717, 1.165) is 5.75 Å². The van der Waals surface area contributed by atoms with E-state index in [4.69, 9.17) is 0 Å². The number of phenolic OH excluding ortho intramolecular Hbond substituents is 1. The van der Waals surface area contributed by atoms with Crippen LogP contribution in [0.25, 0.3) is 0 Å². The molecule has 1 aromatic heterocycles. The van der Waals surface area contributed by atoms with Crippen LogP contribution in [0.3, 0.4) is 0 Å². The predicted octanol–water partition coefficient (Wildman–Crippen LogP) is 3.22. The molecule has 0 spiro atoms. The van der Waals surface area contributed by atoms with E-state index >= 15 is 0 Å². The van der Waals surface area contributed by atoms with Crippen molar-refractivity contribution in [3.63, 3.8) is 0 Å². The molecule has 1 heterocycles. The number of aromatic hydroxyl groups is 1. The molecule has 4 heteroatoms. The Morgan fingerprint density at radius 2 is 2.06 bits per heavy atom. The molecular formula is C13H14N2OS. The highest BCUT2D eigenvalue weighted by Crippen LogP contribution is 2.36. The van der Waals surface area contributed by atoms with E-state index < -0.39 is 0 Å². The van der Waals surface area contributed by atoms with Gasteiger partial charge in [-0.3, -0.25) is 0 Å². The minimum Gasteiger partial charge on any atom is -0.508 e. The molecule has 3 nitrogen and oxygen atoms in total. The topological polar surface area (TPSA) is 38.1 Å². The van der Waals surface area contributed by atoms with Gasteiger partial charge in [-0.05, 0) is 37.1 Å². The molecule has 17 heavy (non-hydrogen) atoms. The summed E-state index contributed by atoms with van der Waals surface area (Å²) in [6.45, 7) is 0. The maximum absolute atomic E-state index is 9.21. The van der Waals surface area contributed by atoms with Crippen molar-refractivity contribution >= 4 is 11.8 Å². The van der Waals surface area contributed by atoms with Gasteiger partial charge in [-0.2, -0.15) is 0 Å². The largest absolute Gasteiger partial charge is 0.508 e. The molecule has 1 fully saturated rings. The van der Waals surface area contributed by atoms with Crippen LogP contribution >= 0.6 is 11.8 Å². The first-order valence-corrected chi connectivity index (χ1v) is 6.74. The molecule has 1 saturated carbocycles. The zero-order valence-electron chi connectivity index (χ0n) is 9.41. The fraction of sp³-hybridized carbons (Fsp3) is 0.308. The average Bonchev–Trinajstić information content (AvgIpc) is 3.08. The Labute approximate surface area is 104 Å². The van der Waals surface area contributed by atoms with Crippen LogP contribution in [-0.4, -0.2) is 14.7 Å². The van der Waals surface area contributed by atoms with Gasteiger partial charge in [-0.1, -0.05) is 0 Å². The Kier molecular flexibility index (Phi) is 2.81. The van der Waals surface area contributed by atoms with Crippen molar-refractivity contribution in [3.05, 3.63) is 42.5 Å². The molecule has 0 atom stereocenters. The molecule has 0 amide bonds. The molecule has 1 aliphatic carbocycles. The lowest BCUT2D eigenvalue weighted by molar-refractivity contribution is 0.475. The summed E-state index contributed by atoms with van der Waals surface area (Å²) in [6.07, 6.45) is 6.45. The summed E-state index contributed by atoms with van der Waals surface area (Å²) in [5, 5.41) is 9.21. The number of hydrogen-bond acceptors (Lipinski definition) is 3. The van der Waals surface area contributed by atoms with Crippen molar-refractivity contribution in [2.75, 3.05) is 0 Å². The number of imidazole rings is 1. The zero-order chi connectivity index (χ0) is 11.7. The normalized spacial score (nSPS) is 15.1. The molecule has 3 rings (SSSR count). The van der Waals surface area contributed by atoms with Crippen molar-refractivity contribution in [2.24, 2.45) is 0 Å². The standard InChI is InChI=1S/C13H14N2OS/c16-12-3-5-13(6-4-12)17-8-11-7-14-9-15(11)10-1-2-10/h3-7,9-10,16H,1-2,8H2. The summed E-state index contributed by atoms with van der Waals surface area (Å²) in [4.78, 5) is 5.39. The Balaban J connectivity index is 1.67. The molecule has 0 saturated heterocycles. The second kappa shape index (κ2) is 4.45. The Morgan fingerprint density at radius 3 is 2.76 bits per heavy atom. The van der Waals surface area contributed by atoms with E-state index in [-0.39, 0.29) is 0 Å². The summed E-state index contributed by atoms with van der Waals surface area (Å²) in [6, 6.07) is 8.02. The smallest absolute Gasteiger partial charge is 0.115 e. The molecule has 1 aliphatic rings. The first-order valence-electron chi connectivity index (χ1n) is 5.75. The van der Waals surface area contributed by atoms with Crippen LogP contribution in [0.5, 0.6) is 5.75 Å². The van der Waals surface area contributed by atoms with E-state index in [0.29, 0.717) is 11.8 Å². The second-order valence-corrected chi connectivity index (χ2v) is 5.35. The maximum atomic E-state index is 9.21. The molecule has 2 aromatic rings. The van der Waals surface area contributed by atoms with Crippen LogP contribution in [0.15, 0.2) is 41.7 Å². The van der Waals surface area contributed by atoms with Crippen LogP contribution in [0.1, 0.15) is 24.6 Å². The number of benzene rings is 1. The van der Waals surface area contributed by atoms with Crippen LogP contribution in [-0.2, 0) is 5.75 Å². The van der Waals surface area contributed by atoms with Gasteiger partial charge >= 0.3 is 0 Å². The Morgan fingerprint density at radius 1 is 1.29 bits per heavy atom. The number of rotatable bonds is 4. The van der Waals surface area contributed by atoms with Crippen LogP contribution in [0.2, 0.25) is 0 Å². The van der Waals surface area contributed by atoms with Crippen molar-refractivity contribution in [2.45, 2.75) is 29.5 Å². The van der Waals surface area contributed by atoms with Gasteiger partial charge in [-0.15, -0.1) is 11.8 Å². The fourth-order valence-corrected chi connectivity index (χ4v) is 2.69. The van der Waals surface area contributed by atoms with Crippen molar-refractivity contribution in [1.82, 2.24) is 9.55 Å². The third-order valence-corrected chi connectivity index (χ3v) is 3.96. The van der Waals surface area contributed by atoms with E-state index in [2.05, 4.69) is 9.55 Å². The number of hydrogen-bond donors (Lipinski definition) is 1. The lowest BCUT2D eigenvalue weighted by Gasteiger charge is -2.06. The molecular weight excluding hydrogens is 232 g/mol. The maximum Gasteiger partial charge on any atom is 0.115 e. The summed E-state index contributed by atoms with van der Waals surface area (Å²) in [7, 11) is 0. The van der Waals surface area contributed by atoms with Gasteiger partial charge in [0.1, 0.15) is 5.75 Å². The zero-order valence-corrected chi connectivity index (χ0v) is 10.2. The lowest BCUT2D eigenvalue weighted by Crippen LogP contribution is -1.96. The molecule has 0 radical (unpaired) electrons. The Hall–Kier alpha value is -1.42. The van der Waals surface area contributed by atoms with E-state index in [1.165, 1.54) is 23.4 Å². The van der Waals surface area contributed by atoms with E-state index in [9.17, 15) is 5.11 Å². The van der Waals surface area contributed by atoms with Crippen molar-refractivity contribution in [1.29, 1.82) is 0 Å². The molecule has 1 aromatic carbocycles.